The summed E-state index contributed by atoms with van der Waals surface area (Å²) >= 11 is 0. The summed E-state index contributed by atoms with van der Waals surface area (Å²) in [6, 6.07) is 4.18. The molecule has 0 aromatic carbocycles. The maximum Gasteiger partial charge on any atom is 0.255 e. The number of aromatic nitrogens is 2. The van der Waals surface area contributed by atoms with Crippen molar-refractivity contribution in [3.05, 3.63) is 35.3 Å². The Balaban J connectivity index is 1.84. The van der Waals surface area contributed by atoms with Crippen molar-refractivity contribution in [3.63, 3.8) is 0 Å². The first-order valence-corrected chi connectivity index (χ1v) is 8.44. The highest BCUT2D eigenvalue weighted by Crippen LogP contribution is 2.18. The minimum Gasteiger partial charge on any atom is -0.339 e. The normalized spacial score (nSPS) is 16.9. The van der Waals surface area contributed by atoms with Crippen LogP contribution >= 0.6 is 0 Å². The SMILES string of the molecule is CCc1nc2ccc(C(=O)N(C)C3CCN(C)CC3)cn2c1C. The van der Waals surface area contributed by atoms with E-state index in [0.29, 0.717) is 6.04 Å². The number of aryl methyl sites for hydroxylation is 2. The Labute approximate surface area is 137 Å². The second-order valence-corrected chi connectivity index (χ2v) is 6.59. The molecule has 1 saturated heterocycles. The van der Waals surface area contributed by atoms with Crippen molar-refractivity contribution >= 4 is 11.6 Å². The fraction of sp³-hybridized carbons (Fsp3) is 0.556. The zero-order chi connectivity index (χ0) is 16.6. The third-order valence-corrected chi connectivity index (χ3v) is 5.09. The molecule has 0 N–H and O–H groups in total. The van der Waals surface area contributed by atoms with Crippen LogP contribution in [-0.4, -0.2) is 58.3 Å². The molecular formula is C18H26N4O. The van der Waals surface area contributed by atoms with Crippen LogP contribution in [-0.2, 0) is 6.42 Å². The van der Waals surface area contributed by atoms with Gasteiger partial charge in [-0.05, 0) is 58.5 Å². The van der Waals surface area contributed by atoms with Crippen LogP contribution in [0.1, 0.15) is 41.5 Å². The Morgan fingerprint density at radius 1 is 1.35 bits per heavy atom. The molecule has 0 radical (unpaired) electrons. The minimum absolute atomic E-state index is 0.104. The molecule has 0 unspecified atom stereocenters. The fourth-order valence-corrected chi connectivity index (χ4v) is 3.42. The molecular weight excluding hydrogens is 288 g/mol. The van der Waals surface area contributed by atoms with Gasteiger partial charge in [0.05, 0.1) is 11.3 Å². The van der Waals surface area contributed by atoms with Crippen molar-refractivity contribution in [3.8, 4) is 0 Å². The lowest BCUT2D eigenvalue weighted by Crippen LogP contribution is -2.44. The van der Waals surface area contributed by atoms with Crippen LogP contribution in [0.2, 0.25) is 0 Å². The Hall–Kier alpha value is -1.88. The van der Waals surface area contributed by atoms with E-state index in [4.69, 9.17) is 0 Å². The van der Waals surface area contributed by atoms with Crippen molar-refractivity contribution in [2.24, 2.45) is 0 Å². The van der Waals surface area contributed by atoms with E-state index >= 15 is 0 Å². The van der Waals surface area contributed by atoms with Gasteiger partial charge in [0.2, 0.25) is 0 Å². The Morgan fingerprint density at radius 3 is 2.70 bits per heavy atom. The lowest BCUT2D eigenvalue weighted by molar-refractivity contribution is 0.0659. The van der Waals surface area contributed by atoms with E-state index in [-0.39, 0.29) is 5.91 Å². The molecule has 1 fully saturated rings. The Kier molecular flexibility index (Phi) is 4.39. The van der Waals surface area contributed by atoms with Gasteiger partial charge in [-0.1, -0.05) is 6.92 Å². The second-order valence-electron chi connectivity index (χ2n) is 6.59. The number of carbonyl (C=O) groups excluding carboxylic acids is 1. The molecule has 3 rings (SSSR count). The third kappa shape index (κ3) is 2.98. The summed E-state index contributed by atoms with van der Waals surface area (Å²) in [7, 11) is 4.07. The number of pyridine rings is 1. The molecule has 0 saturated carbocycles. The van der Waals surface area contributed by atoms with Crippen LogP contribution < -0.4 is 0 Å². The number of amides is 1. The van der Waals surface area contributed by atoms with Gasteiger partial charge in [-0.3, -0.25) is 4.79 Å². The molecule has 0 bridgehead atoms. The molecule has 1 aliphatic rings. The topological polar surface area (TPSA) is 40.9 Å². The number of hydrogen-bond donors (Lipinski definition) is 0. The van der Waals surface area contributed by atoms with Gasteiger partial charge >= 0.3 is 0 Å². The predicted octanol–water partition coefficient (Wildman–Crippen LogP) is 2.37. The highest BCUT2D eigenvalue weighted by Gasteiger charge is 2.25. The van der Waals surface area contributed by atoms with Crippen LogP contribution in [0.15, 0.2) is 18.3 Å². The van der Waals surface area contributed by atoms with Crippen LogP contribution in [0.4, 0.5) is 0 Å². The number of rotatable bonds is 3. The quantitative estimate of drug-likeness (QED) is 0.873. The number of piperidine rings is 1. The van der Waals surface area contributed by atoms with E-state index in [9.17, 15) is 4.79 Å². The molecule has 2 aromatic rings. The maximum atomic E-state index is 12.8. The van der Waals surface area contributed by atoms with Gasteiger partial charge in [-0.15, -0.1) is 0 Å². The zero-order valence-corrected chi connectivity index (χ0v) is 14.5. The Morgan fingerprint density at radius 2 is 2.04 bits per heavy atom. The summed E-state index contributed by atoms with van der Waals surface area (Å²) < 4.78 is 2.04. The highest BCUT2D eigenvalue weighted by molar-refractivity contribution is 5.94. The number of fused-ring (bicyclic) bond motifs is 1. The lowest BCUT2D eigenvalue weighted by Gasteiger charge is -2.35. The van der Waals surface area contributed by atoms with Crippen molar-refractivity contribution in [2.45, 2.75) is 39.2 Å². The van der Waals surface area contributed by atoms with Crippen molar-refractivity contribution in [1.82, 2.24) is 19.2 Å². The van der Waals surface area contributed by atoms with Crippen LogP contribution in [0, 0.1) is 6.92 Å². The molecule has 124 valence electrons. The van der Waals surface area contributed by atoms with E-state index in [1.807, 2.05) is 34.7 Å². The predicted molar refractivity (Wildman–Crippen MR) is 91.9 cm³/mol. The van der Waals surface area contributed by atoms with Crippen molar-refractivity contribution in [2.75, 3.05) is 27.2 Å². The summed E-state index contributed by atoms with van der Waals surface area (Å²) in [4.78, 5) is 21.7. The molecule has 0 aliphatic carbocycles. The van der Waals surface area contributed by atoms with Gasteiger partial charge in [0.15, 0.2) is 0 Å². The molecule has 1 aliphatic heterocycles. The number of hydrogen-bond acceptors (Lipinski definition) is 3. The smallest absolute Gasteiger partial charge is 0.255 e. The second kappa shape index (κ2) is 6.32. The average molecular weight is 314 g/mol. The summed E-state index contributed by atoms with van der Waals surface area (Å²) in [5.74, 6) is 0.104. The number of imidazole rings is 1. The van der Waals surface area contributed by atoms with Gasteiger partial charge in [0.1, 0.15) is 5.65 Å². The summed E-state index contributed by atoms with van der Waals surface area (Å²) in [5.41, 5.74) is 3.87. The van der Waals surface area contributed by atoms with E-state index in [0.717, 1.165) is 55.0 Å². The maximum absolute atomic E-state index is 12.8. The first-order chi connectivity index (χ1) is 11.0. The van der Waals surface area contributed by atoms with E-state index < -0.39 is 0 Å². The van der Waals surface area contributed by atoms with E-state index in [2.05, 4.69) is 30.8 Å². The van der Waals surface area contributed by atoms with Crippen LogP contribution in [0.3, 0.4) is 0 Å². The molecule has 3 heterocycles. The monoisotopic (exact) mass is 314 g/mol. The highest BCUT2D eigenvalue weighted by atomic mass is 16.2. The number of carbonyl (C=O) groups is 1. The average Bonchev–Trinajstić information content (AvgIpc) is 2.90. The molecule has 2 aromatic heterocycles. The molecule has 5 nitrogen and oxygen atoms in total. The van der Waals surface area contributed by atoms with Gasteiger partial charge in [0, 0.05) is 25.0 Å². The zero-order valence-electron chi connectivity index (χ0n) is 14.5. The molecule has 0 atom stereocenters. The lowest BCUT2D eigenvalue weighted by atomic mass is 10.0. The minimum atomic E-state index is 0.104. The number of nitrogens with zero attached hydrogens (tertiary/aromatic N) is 4. The van der Waals surface area contributed by atoms with Gasteiger partial charge in [0.25, 0.3) is 5.91 Å². The standard InChI is InChI=1S/C18H26N4O/c1-5-16-13(2)22-12-14(6-7-17(22)19-16)18(23)21(4)15-8-10-20(3)11-9-15/h6-7,12,15H,5,8-11H2,1-4H3. The number of likely N-dealkylation sites (tertiary alicyclic amines) is 1. The van der Waals surface area contributed by atoms with Crippen molar-refractivity contribution in [1.29, 1.82) is 0 Å². The summed E-state index contributed by atoms with van der Waals surface area (Å²) in [6.07, 6.45) is 4.94. The van der Waals surface area contributed by atoms with Crippen LogP contribution in [0.25, 0.3) is 5.65 Å². The van der Waals surface area contributed by atoms with E-state index in [1.165, 1.54) is 0 Å². The molecule has 5 heteroatoms. The molecule has 1 amide bonds. The molecule has 23 heavy (non-hydrogen) atoms. The van der Waals surface area contributed by atoms with Gasteiger partial charge in [-0.2, -0.15) is 0 Å². The third-order valence-electron chi connectivity index (χ3n) is 5.09. The van der Waals surface area contributed by atoms with Crippen molar-refractivity contribution < 1.29 is 4.79 Å². The first-order valence-electron chi connectivity index (χ1n) is 8.44. The largest absolute Gasteiger partial charge is 0.339 e. The van der Waals surface area contributed by atoms with Gasteiger partial charge in [-0.25, -0.2) is 4.98 Å². The van der Waals surface area contributed by atoms with Crippen LogP contribution in [0.5, 0.6) is 0 Å². The first kappa shape index (κ1) is 16.0. The molecule has 0 spiro atoms. The Bertz CT molecular complexity index is 713. The fourth-order valence-electron chi connectivity index (χ4n) is 3.42. The summed E-state index contributed by atoms with van der Waals surface area (Å²) in [5, 5.41) is 0. The van der Waals surface area contributed by atoms with E-state index in [1.54, 1.807) is 0 Å². The summed E-state index contributed by atoms with van der Waals surface area (Å²) in [6.45, 7) is 6.28. The van der Waals surface area contributed by atoms with Gasteiger partial charge < -0.3 is 14.2 Å².